The number of β-amino-alcohol motifs (C(OH)–C–C–N with tert-alkyl or cyclic N) is 1. The van der Waals surface area contributed by atoms with E-state index in [0.29, 0.717) is 18.5 Å². The Labute approximate surface area is 190 Å². The van der Waals surface area contributed by atoms with E-state index in [1.807, 2.05) is 42.3 Å². The summed E-state index contributed by atoms with van der Waals surface area (Å²) in [5.74, 6) is 1.36. The van der Waals surface area contributed by atoms with Crippen LogP contribution in [0.5, 0.6) is 0 Å². The largest absolute Gasteiger partial charge is 0.386 e. The molecule has 0 aliphatic carbocycles. The fourth-order valence-corrected chi connectivity index (χ4v) is 4.59. The maximum Gasteiger partial charge on any atom is 0.251 e. The number of likely N-dealkylation sites (tertiary alicyclic amines) is 1. The predicted octanol–water partition coefficient (Wildman–Crippen LogP) is 2.27. The topological polar surface area (TPSA) is 93.6 Å². The van der Waals surface area contributed by atoms with Crippen molar-refractivity contribution in [2.75, 3.05) is 50.0 Å². The maximum atomic E-state index is 12.7. The minimum absolute atomic E-state index is 0.153. The minimum Gasteiger partial charge on any atom is -0.386 e. The Kier molecular flexibility index (Phi) is 7.22. The summed E-state index contributed by atoms with van der Waals surface area (Å²) in [6.07, 6.45) is 6.86. The molecule has 2 saturated heterocycles. The number of nitrogens with zero attached hydrogens (tertiary/aromatic N) is 4. The van der Waals surface area contributed by atoms with E-state index in [-0.39, 0.29) is 12.5 Å². The molecule has 1 amide bonds. The lowest BCUT2D eigenvalue weighted by Gasteiger charge is -2.39. The second-order valence-corrected chi connectivity index (χ2v) is 8.98. The number of carbonyl (C=O) groups is 1. The van der Waals surface area contributed by atoms with Gasteiger partial charge in [-0.1, -0.05) is 18.6 Å². The van der Waals surface area contributed by atoms with Crippen molar-refractivity contribution in [2.24, 2.45) is 0 Å². The van der Waals surface area contributed by atoms with E-state index < -0.39 is 5.60 Å². The molecule has 2 aliphatic rings. The standard InChI is InChI=1S/C24H34N6O2/c1-25-21-14-22(28-18-27-21)30-13-5-10-24(32,17-30)16-26-23(31)20-8-6-19(7-9-20)15-29-11-3-2-4-12-29/h6-9,14,18,32H,2-5,10-13,15-17H2,1H3,(H,26,31)(H,25,27,28)/t24-/m1/s1. The maximum absolute atomic E-state index is 12.7. The minimum atomic E-state index is -0.993. The number of rotatable bonds is 7. The predicted molar refractivity (Wildman–Crippen MR) is 126 cm³/mol. The number of aromatic nitrogens is 2. The van der Waals surface area contributed by atoms with Crippen molar-refractivity contribution in [1.29, 1.82) is 0 Å². The van der Waals surface area contributed by atoms with Gasteiger partial charge in [0.15, 0.2) is 0 Å². The van der Waals surface area contributed by atoms with Crippen molar-refractivity contribution in [2.45, 2.75) is 44.2 Å². The van der Waals surface area contributed by atoms with Crippen molar-refractivity contribution < 1.29 is 9.90 Å². The molecule has 0 bridgehead atoms. The van der Waals surface area contributed by atoms with E-state index in [0.717, 1.165) is 44.2 Å². The summed E-state index contributed by atoms with van der Waals surface area (Å²) in [7, 11) is 1.81. The first-order valence-electron chi connectivity index (χ1n) is 11.6. The fraction of sp³-hybridized carbons (Fsp3) is 0.542. The average Bonchev–Trinajstić information content (AvgIpc) is 2.84. The summed E-state index contributed by atoms with van der Waals surface area (Å²) < 4.78 is 0. The number of aliphatic hydroxyl groups is 1. The molecule has 1 atom stereocenters. The summed E-state index contributed by atoms with van der Waals surface area (Å²) in [5, 5.41) is 17.1. The lowest BCUT2D eigenvalue weighted by molar-refractivity contribution is 0.0254. The first-order chi connectivity index (χ1) is 15.5. The van der Waals surface area contributed by atoms with Crippen molar-refractivity contribution >= 4 is 17.5 Å². The first kappa shape index (κ1) is 22.5. The van der Waals surface area contributed by atoms with Crippen LogP contribution in [0.25, 0.3) is 0 Å². The van der Waals surface area contributed by atoms with Gasteiger partial charge in [-0.2, -0.15) is 0 Å². The zero-order chi connectivity index (χ0) is 22.4. The van der Waals surface area contributed by atoms with E-state index >= 15 is 0 Å². The van der Waals surface area contributed by atoms with Gasteiger partial charge >= 0.3 is 0 Å². The van der Waals surface area contributed by atoms with Gasteiger partial charge in [0.05, 0.1) is 5.60 Å². The van der Waals surface area contributed by atoms with Crippen molar-refractivity contribution in [3.8, 4) is 0 Å². The molecule has 0 spiro atoms. The van der Waals surface area contributed by atoms with Gasteiger partial charge in [-0.15, -0.1) is 0 Å². The molecule has 2 aromatic rings. The second-order valence-electron chi connectivity index (χ2n) is 8.98. The quantitative estimate of drug-likeness (QED) is 0.611. The number of nitrogens with one attached hydrogen (secondary N) is 2. The third kappa shape index (κ3) is 5.75. The van der Waals surface area contributed by atoms with Gasteiger partial charge < -0.3 is 20.6 Å². The Hall–Kier alpha value is -2.71. The number of benzene rings is 1. The van der Waals surface area contributed by atoms with Crippen LogP contribution in [0.15, 0.2) is 36.7 Å². The molecular weight excluding hydrogens is 404 g/mol. The van der Waals surface area contributed by atoms with Gasteiger partial charge in [0.2, 0.25) is 0 Å². The second kappa shape index (κ2) is 10.3. The van der Waals surface area contributed by atoms with E-state index in [1.54, 1.807) is 0 Å². The number of amides is 1. The van der Waals surface area contributed by atoms with E-state index in [9.17, 15) is 9.90 Å². The fourth-order valence-electron chi connectivity index (χ4n) is 4.59. The monoisotopic (exact) mass is 438 g/mol. The number of hydrogen-bond donors (Lipinski definition) is 3. The molecule has 172 valence electrons. The molecule has 1 aromatic carbocycles. The Balaban J connectivity index is 1.31. The highest BCUT2D eigenvalue weighted by atomic mass is 16.3. The van der Waals surface area contributed by atoms with Crippen LogP contribution in [0, 0.1) is 0 Å². The number of carbonyl (C=O) groups excluding carboxylic acids is 1. The zero-order valence-corrected chi connectivity index (χ0v) is 18.9. The van der Waals surface area contributed by atoms with Crippen LogP contribution < -0.4 is 15.5 Å². The van der Waals surface area contributed by atoms with E-state index in [4.69, 9.17) is 0 Å². The molecule has 3 heterocycles. The molecule has 2 fully saturated rings. The third-order valence-electron chi connectivity index (χ3n) is 6.44. The summed E-state index contributed by atoms with van der Waals surface area (Å²) in [4.78, 5) is 25.7. The lowest BCUT2D eigenvalue weighted by Crippen LogP contribution is -2.54. The van der Waals surface area contributed by atoms with E-state index in [1.165, 1.54) is 31.2 Å². The number of anilines is 2. The van der Waals surface area contributed by atoms with Gasteiger partial charge in [-0.25, -0.2) is 9.97 Å². The van der Waals surface area contributed by atoms with Crippen LogP contribution >= 0.6 is 0 Å². The van der Waals surface area contributed by atoms with Gasteiger partial charge in [0.1, 0.15) is 18.0 Å². The molecule has 1 aromatic heterocycles. The highest BCUT2D eigenvalue weighted by Crippen LogP contribution is 2.25. The molecular formula is C24H34N6O2. The third-order valence-corrected chi connectivity index (χ3v) is 6.44. The molecule has 0 radical (unpaired) electrons. The first-order valence-corrected chi connectivity index (χ1v) is 11.6. The SMILES string of the molecule is CNc1cc(N2CCC[C@@](O)(CNC(=O)c3ccc(CN4CCCCC4)cc3)C2)ncn1. The molecule has 0 unspecified atom stereocenters. The van der Waals surface area contributed by atoms with Gasteiger partial charge in [0.25, 0.3) is 5.91 Å². The molecule has 4 rings (SSSR count). The average molecular weight is 439 g/mol. The van der Waals surface area contributed by atoms with Crippen molar-refractivity contribution in [1.82, 2.24) is 20.2 Å². The summed E-state index contributed by atoms with van der Waals surface area (Å²) >= 11 is 0. The van der Waals surface area contributed by atoms with Crippen LogP contribution in [0.2, 0.25) is 0 Å². The smallest absolute Gasteiger partial charge is 0.251 e. The number of piperidine rings is 2. The van der Waals surface area contributed by atoms with Gasteiger partial charge in [-0.3, -0.25) is 9.69 Å². The Bertz CT molecular complexity index is 900. The van der Waals surface area contributed by atoms with E-state index in [2.05, 4.69) is 25.5 Å². The van der Waals surface area contributed by atoms with Crippen molar-refractivity contribution in [3.63, 3.8) is 0 Å². The van der Waals surface area contributed by atoms with Crippen LogP contribution in [-0.2, 0) is 6.54 Å². The lowest BCUT2D eigenvalue weighted by atomic mass is 9.92. The number of hydrogen-bond acceptors (Lipinski definition) is 7. The normalized spacial score (nSPS) is 21.9. The van der Waals surface area contributed by atoms with Crippen LogP contribution in [0.1, 0.15) is 48.0 Å². The van der Waals surface area contributed by atoms with Gasteiger partial charge in [-0.05, 0) is 56.5 Å². The summed E-state index contributed by atoms with van der Waals surface area (Å²) in [6.45, 7) is 4.70. The molecule has 3 N–H and O–H groups in total. The molecule has 8 nitrogen and oxygen atoms in total. The van der Waals surface area contributed by atoms with Crippen LogP contribution in [0.4, 0.5) is 11.6 Å². The Morgan fingerprint density at radius 3 is 2.62 bits per heavy atom. The molecule has 2 aliphatic heterocycles. The van der Waals surface area contributed by atoms with Crippen LogP contribution in [-0.4, -0.2) is 71.3 Å². The van der Waals surface area contributed by atoms with Crippen molar-refractivity contribution in [3.05, 3.63) is 47.8 Å². The highest BCUT2D eigenvalue weighted by molar-refractivity contribution is 5.94. The molecule has 32 heavy (non-hydrogen) atoms. The van der Waals surface area contributed by atoms with Crippen LogP contribution in [0.3, 0.4) is 0 Å². The summed E-state index contributed by atoms with van der Waals surface area (Å²) in [6, 6.07) is 9.71. The molecule has 0 saturated carbocycles. The Morgan fingerprint density at radius 2 is 1.88 bits per heavy atom. The zero-order valence-electron chi connectivity index (χ0n) is 18.9. The summed E-state index contributed by atoms with van der Waals surface area (Å²) in [5.41, 5.74) is 0.862. The molecule has 8 heteroatoms. The Morgan fingerprint density at radius 1 is 1.09 bits per heavy atom. The highest BCUT2D eigenvalue weighted by Gasteiger charge is 2.34. The van der Waals surface area contributed by atoms with Gasteiger partial charge in [0, 0.05) is 44.9 Å².